The Morgan fingerprint density at radius 1 is 1.28 bits per heavy atom. The number of hydrogen-bond donors (Lipinski definition) is 0. The van der Waals surface area contributed by atoms with Gasteiger partial charge in [0.1, 0.15) is 11.6 Å². The fourth-order valence-electron chi connectivity index (χ4n) is 1.54. The summed E-state index contributed by atoms with van der Waals surface area (Å²) in [6, 6.07) is 2.83. The van der Waals surface area contributed by atoms with Gasteiger partial charge in [0.15, 0.2) is 17.3 Å². The van der Waals surface area contributed by atoms with E-state index in [-0.39, 0.29) is 22.9 Å². The summed E-state index contributed by atoms with van der Waals surface area (Å²) < 4.78 is 35.9. The molecule has 0 radical (unpaired) electrons. The van der Waals surface area contributed by atoms with Gasteiger partial charge in [0, 0.05) is 18.6 Å². The Morgan fingerprint density at radius 2 is 1.89 bits per heavy atom. The van der Waals surface area contributed by atoms with E-state index in [1.165, 1.54) is 14.0 Å². The normalized spacial score (nSPS) is 10.4. The lowest BCUT2D eigenvalue weighted by Gasteiger charge is -2.00. The smallest absolute Gasteiger partial charge is 0.360 e. The maximum Gasteiger partial charge on any atom is 0.360 e. The standard InChI is InChI=1S/C12H9F2NO3/c1-6-15-10(12(16)17-2)11(18-6)7-3-8(13)5-9(14)4-7/h3-5H,1-2H3. The van der Waals surface area contributed by atoms with Crippen molar-refractivity contribution in [1.29, 1.82) is 0 Å². The van der Waals surface area contributed by atoms with Gasteiger partial charge in [0.05, 0.1) is 7.11 Å². The lowest BCUT2D eigenvalue weighted by molar-refractivity contribution is 0.0595. The largest absolute Gasteiger partial charge is 0.464 e. The second-order valence-electron chi connectivity index (χ2n) is 3.56. The SMILES string of the molecule is COC(=O)c1nc(C)oc1-c1cc(F)cc(F)c1. The number of methoxy groups -OCH3 is 1. The average Bonchev–Trinajstić information content (AvgIpc) is 2.69. The molecule has 1 aromatic carbocycles. The summed E-state index contributed by atoms with van der Waals surface area (Å²) in [5.74, 6) is -2.08. The molecule has 94 valence electrons. The summed E-state index contributed by atoms with van der Waals surface area (Å²) in [5, 5.41) is 0. The highest BCUT2D eigenvalue weighted by Crippen LogP contribution is 2.26. The Labute approximate surface area is 101 Å². The molecule has 0 N–H and O–H groups in total. The van der Waals surface area contributed by atoms with Crippen molar-refractivity contribution in [2.24, 2.45) is 0 Å². The molecule has 0 aliphatic rings. The van der Waals surface area contributed by atoms with Crippen LogP contribution in [0.4, 0.5) is 8.78 Å². The molecule has 0 aliphatic heterocycles. The van der Waals surface area contributed by atoms with Crippen molar-refractivity contribution in [2.45, 2.75) is 6.92 Å². The van der Waals surface area contributed by atoms with Crippen LogP contribution < -0.4 is 0 Å². The van der Waals surface area contributed by atoms with Crippen LogP contribution in [-0.4, -0.2) is 18.1 Å². The van der Waals surface area contributed by atoms with Crippen molar-refractivity contribution < 1.29 is 22.7 Å². The number of aryl methyl sites for hydroxylation is 1. The van der Waals surface area contributed by atoms with Crippen LogP contribution in [0.15, 0.2) is 22.6 Å². The number of aromatic nitrogens is 1. The van der Waals surface area contributed by atoms with Gasteiger partial charge in [0.25, 0.3) is 0 Å². The highest BCUT2D eigenvalue weighted by Gasteiger charge is 2.21. The minimum atomic E-state index is -0.769. The first-order chi connectivity index (χ1) is 8.51. The third-order valence-electron chi connectivity index (χ3n) is 2.24. The zero-order chi connectivity index (χ0) is 13.3. The zero-order valence-corrected chi connectivity index (χ0v) is 9.66. The minimum Gasteiger partial charge on any atom is -0.464 e. The lowest BCUT2D eigenvalue weighted by atomic mass is 10.1. The summed E-state index contributed by atoms with van der Waals surface area (Å²) in [5.41, 5.74) is -0.0199. The number of oxazole rings is 1. The molecule has 6 heteroatoms. The maximum atomic E-state index is 13.1. The number of hydrogen-bond acceptors (Lipinski definition) is 4. The van der Waals surface area contributed by atoms with E-state index in [9.17, 15) is 13.6 Å². The Balaban J connectivity index is 2.59. The van der Waals surface area contributed by atoms with Crippen LogP contribution in [0.25, 0.3) is 11.3 Å². The van der Waals surface area contributed by atoms with Crippen LogP contribution in [0.5, 0.6) is 0 Å². The number of carbonyl (C=O) groups is 1. The predicted octanol–water partition coefficient (Wildman–Crippen LogP) is 2.71. The van der Waals surface area contributed by atoms with E-state index < -0.39 is 17.6 Å². The first-order valence-electron chi connectivity index (χ1n) is 5.03. The third-order valence-corrected chi connectivity index (χ3v) is 2.24. The van der Waals surface area contributed by atoms with Crippen molar-refractivity contribution >= 4 is 5.97 Å². The quantitative estimate of drug-likeness (QED) is 0.772. The number of ether oxygens (including phenoxy) is 1. The molecule has 0 bridgehead atoms. The first-order valence-corrected chi connectivity index (χ1v) is 5.03. The molecule has 0 fully saturated rings. The van der Waals surface area contributed by atoms with Crippen molar-refractivity contribution in [2.75, 3.05) is 7.11 Å². The molecule has 0 saturated carbocycles. The molecule has 0 saturated heterocycles. The lowest BCUT2D eigenvalue weighted by Crippen LogP contribution is -2.03. The molecular weight excluding hydrogens is 244 g/mol. The molecule has 0 atom stereocenters. The Bertz CT molecular complexity index is 587. The number of halogens is 2. The number of nitrogens with zero attached hydrogens (tertiary/aromatic N) is 1. The molecule has 2 rings (SSSR count). The number of rotatable bonds is 2. The molecule has 18 heavy (non-hydrogen) atoms. The summed E-state index contributed by atoms with van der Waals surface area (Å²) in [7, 11) is 1.18. The zero-order valence-electron chi connectivity index (χ0n) is 9.66. The molecule has 0 unspecified atom stereocenters. The van der Waals surface area contributed by atoms with Gasteiger partial charge in [0.2, 0.25) is 0 Å². The van der Waals surface area contributed by atoms with Crippen molar-refractivity contribution in [3.8, 4) is 11.3 Å². The molecule has 1 heterocycles. The maximum absolute atomic E-state index is 13.1. The van der Waals surface area contributed by atoms with E-state index >= 15 is 0 Å². The van der Waals surface area contributed by atoms with Gasteiger partial charge in [-0.1, -0.05) is 0 Å². The van der Waals surface area contributed by atoms with Crippen molar-refractivity contribution in [3.05, 3.63) is 41.4 Å². The molecule has 0 spiro atoms. The highest BCUT2D eigenvalue weighted by atomic mass is 19.1. The van der Waals surface area contributed by atoms with Gasteiger partial charge in [-0.25, -0.2) is 18.6 Å². The van der Waals surface area contributed by atoms with Gasteiger partial charge in [-0.15, -0.1) is 0 Å². The van der Waals surface area contributed by atoms with Gasteiger partial charge >= 0.3 is 5.97 Å². The summed E-state index contributed by atoms with van der Waals surface area (Å²) >= 11 is 0. The molecular formula is C12H9F2NO3. The number of esters is 1. The van der Waals surface area contributed by atoms with Gasteiger partial charge in [-0.05, 0) is 12.1 Å². The number of benzene rings is 1. The first kappa shape index (κ1) is 12.2. The summed E-state index contributed by atoms with van der Waals surface area (Å²) in [4.78, 5) is 15.3. The third kappa shape index (κ3) is 2.22. The van der Waals surface area contributed by atoms with E-state index in [1.807, 2.05) is 0 Å². The van der Waals surface area contributed by atoms with Crippen molar-refractivity contribution in [1.82, 2.24) is 4.98 Å². The molecule has 1 aromatic heterocycles. The molecule has 2 aromatic rings. The highest BCUT2D eigenvalue weighted by molar-refractivity contribution is 5.93. The van der Waals surface area contributed by atoms with E-state index in [0.717, 1.165) is 18.2 Å². The monoisotopic (exact) mass is 253 g/mol. The Kier molecular flexibility index (Phi) is 3.10. The van der Waals surface area contributed by atoms with Gasteiger partial charge in [-0.3, -0.25) is 0 Å². The van der Waals surface area contributed by atoms with Crippen LogP contribution in [0, 0.1) is 18.6 Å². The molecule has 0 aliphatic carbocycles. The fraction of sp³-hybridized carbons (Fsp3) is 0.167. The van der Waals surface area contributed by atoms with Gasteiger partial charge in [-0.2, -0.15) is 0 Å². The molecule has 4 nitrogen and oxygen atoms in total. The van der Waals surface area contributed by atoms with E-state index in [0.29, 0.717) is 0 Å². The van der Waals surface area contributed by atoms with Crippen molar-refractivity contribution in [3.63, 3.8) is 0 Å². The fourth-order valence-corrected chi connectivity index (χ4v) is 1.54. The van der Waals surface area contributed by atoms with Crippen LogP contribution >= 0.6 is 0 Å². The topological polar surface area (TPSA) is 52.3 Å². The van der Waals surface area contributed by atoms with Crippen LogP contribution in [0.1, 0.15) is 16.4 Å². The summed E-state index contributed by atoms with van der Waals surface area (Å²) in [6.45, 7) is 1.52. The number of carbonyl (C=O) groups excluding carboxylic acids is 1. The van der Waals surface area contributed by atoms with Crippen LogP contribution in [0.2, 0.25) is 0 Å². The second kappa shape index (κ2) is 4.56. The van der Waals surface area contributed by atoms with Gasteiger partial charge < -0.3 is 9.15 Å². The second-order valence-corrected chi connectivity index (χ2v) is 3.56. The van der Waals surface area contributed by atoms with Crippen LogP contribution in [0.3, 0.4) is 0 Å². The average molecular weight is 253 g/mol. The van der Waals surface area contributed by atoms with Crippen LogP contribution in [-0.2, 0) is 4.74 Å². The molecule has 0 amide bonds. The Hall–Kier alpha value is -2.24. The Morgan fingerprint density at radius 3 is 2.44 bits per heavy atom. The van der Waals surface area contributed by atoms with E-state index in [4.69, 9.17) is 4.42 Å². The summed E-state index contributed by atoms with van der Waals surface area (Å²) in [6.07, 6.45) is 0. The van der Waals surface area contributed by atoms with E-state index in [1.54, 1.807) is 0 Å². The minimum absolute atomic E-state index is 0.0160. The predicted molar refractivity (Wildman–Crippen MR) is 57.9 cm³/mol. The van der Waals surface area contributed by atoms with E-state index in [2.05, 4.69) is 9.72 Å².